The van der Waals surface area contributed by atoms with E-state index in [1.165, 1.54) is 0 Å². The second-order valence-electron chi connectivity index (χ2n) is 2.10. The third kappa shape index (κ3) is 1.66. The third-order valence-corrected chi connectivity index (χ3v) is 1.34. The van der Waals surface area contributed by atoms with Gasteiger partial charge in [-0.15, -0.1) is 0 Å². The molecule has 0 aliphatic heterocycles. The molecular formula is C7H10O2. The minimum absolute atomic E-state index is 0.0726. The zero-order valence-electron chi connectivity index (χ0n) is 5.12. The molecule has 1 rings (SSSR count). The van der Waals surface area contributed by atoms with Crippen LogP contribution < -0.4 is 0 Å². The molecule has 0 spiro atoms. The Morgan fingerprint density at radius 1 is 1.67 bits per heavy atom. The van der Waals surface area contributed by atoms with Crippen molar-refractivity contribution in [1.82, 2.24) is 0 Å². The van der Waals surface area contributed by atoms with Crippen LogP contribution in [-0.2, 0) is 0 Å². The molecule has 9 heavy (non-hydrogen) atoms. The lowest BCUT2D eigenvalue weighted by Crippen LogP contribution is -2.05. The molecule has 0 radical (unpaired) electrons. The number of hydrogen-bond acceptors (Lipinski definition) is 2. The average molecular weight is 126 g/mol. The van der Waals surface area contributed by atoms with Crippen LogP contribution in [0.2, 0.25) is 0 Å². The summed E-state index contributed by atoms with van der Waals surface area (Å²) in [6.07, 6.45) is 5.55. The summed E-state index contributed by atoms with van der Waals surface area (Å²) in [5, 5.41) is 17.5. The van der Waals surface area contributed by atoms with E-state index in [1.54, 1.807) is 12.2 Å². The summed E-state index contributed by atoms with van der Waals surface area (Å²) in [5.74, 6) is 0. The first-order valence-corrected chi connectivity index (χ1v) is 2.99. The quantitative estimate of drug-likeness (QED) is 0.528. The lowest BCUT2D eigenvalue weighted by atomic mass is 10.1. The van der Waals surface area contributed by atoms with Crippen molar-refractivity contribution in [3.8, 4) is 0 Å². The Labute approximate surface area is 54.1 Å². The maximum Gasteiger partial charge on any atom is 0.0758 e. The first-order valence-electron chi connectivity index (χ1n) is 2.99. The normalized spacial score (nSPS) is 26.0. The van der Waals surface area contributed by atoms with Crippen LogP contribution in [0.25, 0.3) is 0 Å². The molecule has 0 amide bonds. The van der Waals surface area contributed by atoms with Gasteiger partial charge in [-0.25, -0.2) is 0 Å². The molecule has 2 N–H and O–H groups in total. The molecule has 0 aromatic carbocycles. The Morgan fingerprint density at radius 3 is 2.89 bits per heavy atom. The molecule has 0 saturated heterocycles. The maximum atomic E-state index is 8.91. The highest BCUT2D eigenvalue weighted by molar-refractivity contribution is 5.24. The lowest BCUT2D eigenvalue weighted by Gasteiger charge is -2.07. The minimum atomic E-state index is -0.347. The molecule has 1 unspecified atom stereocenters. The molecule has 0 aromatic rings. The van der Waals surface area contributed by atoms with Gasteiger partial charge >= 0.3 is 0 Å². The van der Waals surface area contributed by atoms with E-state index in [0.717, 1.165) is 5.57 Å². The molecule has 0 bridgehead atoms. The SMILES string of the molecule is OCC1=CCC(O)C=C1. The smallest absolute Gasteiger partial charge is 0.0758 e. The fraction of sp³-hybridized carbons (Fsp3) is 0.429. The van der Waals surface area contributed by atoms with E-state index in [2.05, 4.69) is 0 Å². The Morgan fingerprint density at radius 2 is 2.44 bits per heavy atom. The summed E-state index contributed by atoms with van der Waals surface area (Å²) in [5.41, 5.74) is 0.889. The minimum Gasteiger partial charge on any atom is -0.392 e. The molecule has 2 nitrogen and oxygen atoms in total. The van der Waals surface area contributed by atoms with E-state index in [9.17, 15) is 0 Å². The van der Waals surface area contributed by atoms with Gasteiger partial charge in [-0.1, -0.05) is 18.2 Å². The zero-order chi connectivity index (χ0) is 6.69. The fourth-order valence-corrected chi connectivity index (χ4v) is 0.771. The van der Waals surface area contributed by atoms with Crippen LogP contribution in [0.1, 0.15) is 6.42 Å². The molecule has 1 aliphatic rings. The van der Waals surface area contributed by atoms with Gasteiger partial charge in [0.2, 0.25) is 0 Å². The standard InChI is InChI=1S/C7H10O2/c8-5-6-1-3-7(9)4-2-6/h1-3,7-9H,4-5H2. The molecule has 0 fully saturated rings. The Hall–Kier alpha value is -0.600. The number of rotatable bonds is 1. The number of hydrogen-bond donors (Lipinski definition) is 2. The topological polar surface area (TPSA) is 40.5 Å². The fourth-order valence-electron chi connectivity index (χ4n) is 0.771. The van der Waals surface area contributed by atoms with E-state index < -0.39 is 0 Å². The molecule has 0 heterocycles. The first-order chi connectivity index (χ1) is 4.33. The molecule has 0 aromatic heterocycles. The Bertz CT molecular complexity index is 147. The summed E-state index contributed by atoms with van der Waals surface area (Å²) in [6.45, 7) is 0.0726. The van der Waals surface area contributed by atoms with Crippen LogP contribution in [-0.4, -0.2) is 22.9 Å². The first kappa shape index (κ1) is 6.52. The van der Waals surface area contributed by atoms with Crippen molar-refractivity contribution in [3.63, 3.8) is 0 Å². The predicted molar refractivity (Wildman–Crippen MR) is 34.9 cm³/mol. The Kier molecular flexibility index (Phi) is 2.03. The van der Waals surface area contributed by atoms with Gasteiger partial charge in [0, 0.05) is 0 Å². The van der Waals surface area contributed by atoms with Gasteiger partial charge in [-0.3, -0.25) is 0 Å². The van der Waals surface area contributed by atoms with Crippen molar-refractivity contribution in [1.29, 1.82) is 0 Å². The molecule has 1 atom stereocenters. The third-order valence-electron chi connectivity index (χ3n) is 1.34. The van der Waals surface area contributed by atoms with Gasteiger partial charge in [0.15, 0.2) is 0 Å². The van der Waals surface area contributed by atoms with Crippen LogP contribution >= 0.6 is 0 Å². The average Bonchev–Trinajstić information content (AvgIpc) is 1.90. The second-order valence-corrected chi connectivity index (χ2v) is 2.10. The molecule has 0 saturated carbocycles. The van der Waals surface area contributed by atoms with Gasteiger partial charge in [0.05, 0.1) is 12.7 Å². The van der Waals surface area contributed by atoms with E-state index in [1.807, 2.05) is 6.08 Å². The summed E-state index contributed by atoms with van der Waals surface area (Å²) in [4.78, 5) is 0. The van der Waals surface area contributed by atoms with Crippen LogP contribution in [0.4, 0.5) is 0 Å². The van der Waals surface area contributed by atoms with Crippen molar-refractivity contribution in [2.24, 2.45) is 0 Å². The molecule has 1 aliphatic carbocycles. The maximum absolute atomic E-state index is 8.91. The highest BCUT2D eigenvalue weighted by atomic mass is 16.3. The highest BCUT2D eigenvalue weighted by Crippen LogP contribution is 2.08. The van der Waals surface area contributed by atoms with E-state index >= 15 is 0 Å². The zero-order valence-corrected chi connectivity index (χ0v) is 5.12. The van der Waals surface area contributed by atoms with Gasteiger partial charge < -0.3 is 10.2 Å². The lowest BCUT2D eigenvalue weighted by molar-refractivity contribution is 0.224. The van der Waals surface area contributed by atoms with Crippen molar-refractivity contribution in [2.75, 3.05) is 6.61 Å². The monoisotopic (exact) mass is 126 g/mol. The van der Waals surface area contributed by atoms with E-state index in [0.29, 0.717) is 6.42 Å². The van der Waals surface area contributed by atoms with Crippen molar-refractivity contribution < 1.29 is 10.2 Å². The highest BCUT2D eigenvalue weighted by Gasteiger charge is 2.02. The molecule has 50 valence electrons. The van der Waals surface area contributed by atoms with Crippen molar-refractivity contribution in [2.45, 2.75) is 12.5 Å². The summed E-state index contributed by atoms with van der Waals surface area (Å²) >= 11 is 0. The number of aliphatic hydroxyl groups excluding tert-OH is 2. The van der Waals surface area contributed by atoms with E-state index in [-0.39, 0.29) is 12.7 Å². The molecule has 2 heteroatoms. The Balaban J connectivity index is 2.52. The van der Waals surface area contributed by atoms with Crippen LogP contribution in [0.15, 0.2) is 23.8 Å². The molecular weight excluding hydrogens is 116 g/mol. The van der Waals surface area contributed by atoms with Gasteiger partial charge in [-0.05, 0) is 12.0 Å². The van der Waals surface area contributed by atoms with Gasteiger partial charge in [0.1, 0.15) is 0 Å². The summed E-state index contributed by atoms with van der Waals surface area (Å²) in [6, 6.07) is 0. The summed E-state index contributed by atoms with van der Waals surface area (Å²) in [7, 11) is 0. The second kappa shape index (κ2) is 2.80. The summed E-state index contributed by atoms with van der Waals surface area (Å²) < 4.78 is 0. The van der Waals surface area contributed by atoms with Crippen LogP contribution in [0.3, 0.4) is 0 Å². The van der Waals surface area contributed by atoms with E-state index in [4.69, 9.17) is 10.2 Å². The van der Waals surface area contributed by atoms with Crippen LogP contribution in [0.5, 0.6) is 0 Å². The van der Waals surface area contributed by atoms with Crippen LogP contribution in [0, 0.1) is 0 Å². The largest absolute Gasteiger partial charge is 0.392 e. The van der Waals surface area contributed by atoms with Crippen molar-refractivity contribution in [3.05, 3.63) is 23.8 Å². The number of aliphatic hydroxyl groups is 2. The predicted octanol–water partition coefficient (Wildman–Crippen LogP) is 0.226. The van der Waals surface area contributed by atoms with Gasteiger partial charge in [-0.2, -0.15) is 0 Å². The van der Waals surface area contributed by atoms with Crippen molar-refractivity contribution >= 4 is 0 Å². The van der Waals surface area contributed by atoms with Gasteiger partial charge in [0.25, 0.3) is 0 Å².